The standard InChI is InChI=1S/C15H29N3O3/c16-9-8-12-6-7-13(14(10-19)21-12)18-15(20)17-11-4-2-1-3-5-11/h11-14,19H,1-10,16H2,(H2,17,18,20)/t12-,13-,14+/m1/s1. The van der Waals surface area contributed by atoms with Crippen molar-refractivity contribution in [3.05, 3.63) is 0 Å². The van der Waals surface area contributed by atoms with Crippen LogP contribution in [-0.2, 0) is 4.74 Å². The molecule has 1 saturated heterocycles. The lowest BCUT2D eigenvalue weighted by molar-refractivity contribution is -0.0884. The van der Waals surface area contributed by atoms with E-state index in [-0.39, 0.29) is 30.9 Å². The summed E-state index contributed by atoms with van der Waals surface area (Å²) in [7, 11) is 0. The molecule has 2 rings (SSSR count). The Morgan fingerprint density at radius 1 is 1.14 bits per heavy atom. The molecular formula is C15H29N3O3. The van der Waals surface area contributed by atoms with Crippen LogP contribution in [0.3, 0.4) is 0 Å². The molecule has 0 radical (unpaired) electrons. The molecule has 3 atom stereocenters. The maximum atomic E-state index is 12.1. The first-order valence-corrected chi connectivity index (χ1v) is 8.26. The summed E-state index contributed by atoms with van der Waals surface area (Å²) in [5.74, 6) is 0. The minimum atomic E-state index is -0.326. The first-order chi connectivity index (χ1) is 10.2. The second-order valence-corrected chi connectivity index (χ2v) is 6.19. The molecule has 1 saturated carbocycles. The molecule has 2 amide bonds. The second-order valence-electron chi connectivity index (χ2n) is 6.19. The van der Waals surface area contributed by atoms with Crippen molar-refractivity contribution >= 4 is 6.03 Å². The number of hydrogen-bond donors (Lipinski definition) is 4. The number of nitrogens with one attached hydrogen (secondary N) is 2. The quantitative estimate of drug-likeness (QED) is 0.606. The van der Waals surface area contributed by atoms with E-state index in [0.717, 1.165) is 32.1 Å². The maximum Gasteiger partial charge on any atom is 0.315 e. The molecule has 6 heteroatoms. The molecule has 0 aromatic carbocycles. The van der Waals surface area contributed by atoms with Gasteiger partial charge < -0.3 is 26.2 Å². The van der Waals surface area contributed by atoms with Crippen LogP contribution in [0.1, 0.15) is 51.4 Å². The Kier molecular flexibility index (Phi) is 6.73. The fourth-order valence-corrected chi connectivity index (χ4v) is 3.34. The molecule has 122 valence electrons. The molecule has 2 fully saturated rings. The minimum Gasteiger partial charge on any atom is -0.394 e. The molecule has 0 unspecified atom stereocenters. The van der Waals surface area contributed by atoms with Gasteiger partial charge in [-0.25, -0.2) is 4.79 Å². The molecule has 0 aromatic heterocycles. The van der Waals surface area contributed by atoms with Crippen LogP contribution < -0.4 is 16.4 Å². The average Bonchev–Trinajstić information content (AvgIpc) is 2.50. The van der Waals surface area contributed by atoms with E-state index in [2.05, 4.69) is 10.6 Å². The van der Waals surface area contributed by atoms with Crippen LogP contribution in [0.4, 0.5) is 4.79 Å². The summed E-state index contributed by atoms with van der Waals surface area (Å²) in [6, 6.07) is 0.0414. The van der Waals surface area contributed by atoms with Gasteiger partial charge in [0.15, 0.2) is 0 Å². The summed E-state index contributed by atoms with van der Waals surface area (Å²) in [5.41, 5.74) is 5.54. The summed E-state index contributed by atoms with van der Waals surface area (Å²) < 4.78 is 5.81. The van der Waals surface area contributed by atoms with Crippen molar-refractivity contribution in [2.24, 2.45) is 5.73 Å². The number of nitrogens with two attached hydrogens (primary N) is 1. The Labute approximate surface area is 126 Å². The van der Waals surface area contributed by atoms with Crippen LogP contribution in [0.15, 0.2) is 0 Å². The molecule has 0 spiro atoms. The lowest BCUT2D eigenvalue weighted by Crippen LogP contribution is -2.54. The highest BCUT2D eigenvalue weighted by atomic mass is 16.5. The van der Waals surface area contributed by atoms with Gasteiger partial charge in [0, 0.05) is 6.04 Å². The summed E-state index contributed by atoms with van der Waals surface area (Å²) in [5, 5.41) is 15.5. The highest BCUT2D eigenvalue weighted by Crippen LogP contribution is 2.22. The smallest absolute Gasteiger partial charge is 0.315 e. The van der Waals surface area contributed by atoms with Crippen molar-refractivity contribution in [2.75, 3.05) is 13.2 Å². The van der Waals surface area contributed by atoms with Crippen LogP contribution in [-0.4, -0.2) is 48.6 Å². The summed E-state index contributed by atoms with van der Waals surface area (Å²) in [4.78, 5) is 12.1. The van der Waals surface area contributed by atoms with Gasteiger partial charge >= 0.3 is 6.03 Å². The lowest BCUT2D eigenvalue weighted by Gasteiger charge is -2.36. The number of ether oxygens (including phenoxy) is 1. The zero-order valence-corrected chi connectivity index (χ0v) is 12.7. The van der Waals surface area contributed by atoms with Crippen LogP contribution in [0.2, 0.25) is 0 Å². The Morgan fingerprint density at radius 2 is 1.90 bits per heavy atom. The fourth-order valence-electron chi connectivity index (χ4n) is 3.34. The molecule has 21 heavy (non-hydrogen) atoms. The third kappa shape index (κ3) is 5.13. The Balaban J connectivity index is 1.76. The van der Waals surface area contributed by atoms with E-state index in [0.29, 0.717) is 12.6 Å². The van der Waals surface area contributed by atoms with Gasteiger partial charge in [-0.05, 0) is 38.6 Å². The molecule has 1 aliphatic heterocycles. The van der Waals surface area contributed by atoms with Gasteiger partial charge in [0.2, 0.25) is 0 Å². The molecule has 6 nitrogen and oxygen atoms in total. The van der Waals surface area contributed by atoms with Crippen molar-refractivity contribution < 1.29 is 14.6 Å². The molecular weight excluding hydrogens is 270 g/mol. The SMILES string of the molecule is NCC[C@H]1CC[C@@H](NC(=O)NC2CCCCC2)[C@H](CO)O1. The number of carbonyl (C=O) groups excluding carboxylic acids is 1. The highest BCUT2D eigenvalue weighted by Gasteiger charge is 2.31. The number of aliphatic hydroxyl groups is 1. The van der Waals surface area contributed by atoms with E-state index >= 15 is 0 Å². The van der Waals surface area contributed by atoms with Gasteiger partial charge in [-0.3, -0.25) is 0 Å². The van der Waals surface area contributed by atoms with Crippen LogP contribution >= 0.6 is 0 Å². The zero-order valence-electron chi connectivity index (χ0n) is 12.7. The van der Waals surface area contributed by atoms with Crippen molar-refractivity contribution in [2.45, 2.75) is 75.7 Å². The normalized spacial score (nSPS) is 30.9. The van der Waals surface area contributed by atoms with Gasteiger partial charge in [-0.2, -0.15) is 0 Å². The second kappa shape index (κ2) is 8.56. The van der Waals surface area contributed by atoms with E-state index in [1.807, 2.05) is 0 Å². The minimum absolute atomic E-state index is 0.0740. The predicted octanol–water partition coefficient (Wildman–Crippen LogP) is 0.876. The number of carbonyl (C=O) groups is 1. The number of aliphatic hydroxyl groups excluding tert-OH is 1. The average molecular weight is 299 g/mol. The van der Waals surface area contributed by atoms with Crippen LogP contribution in [0.25, 0.3) is 0 Å². The molecule has 2 aliphatic rings. The fraction of sp³-hybridized carbons (Fsp3) is 0.933. The van der Waals surface area contributed by atoms with Gasteiger partial charge in [0.05, 0.1) is 18.8 Å². The Hall–Kier alpha value is -0.850. The first-order valence-electron chi connectivity index (χ1n) is 8.26. The Bertz CT molecular complexity index is 321. The molecule has 1 aliphatic carbocycles. The lowest BCUT2D eigenvalue weighted by atomic mass is 9.95. The Morgan fingerprint density at radius 3 is 2.57 bits per heavy atom. The van der Waals surface area contributed by atoms with Crippen molar-refractivity contribution in [1.29, 1.82) is 0 Å². The predicted molar refractivity (Wildman–Crippen MR) is 81.0 cm³/mol. The molecule has 1 heterocycles. The maximum absolute atomic E-state index is 12.1. The van der Waals surface area contributed by atoms with Crippen LogP contribution in [0.5, 0.6) is 0 Å². The number of amides is 2. The topological polar surface area (TPSA) is 96.6 Å². The zero-order chi connectivity index (χ0) is 15.1. The van der Waals surface area contributed by atoms with Crippen LogP contribution in [0, 0.1) is 0 Å². The summed E-state index contributed by atoms with van der Waals surface area (Å²) in [6.45, 7) is 0.512. The third-order valence-corrected chi connectivity index (χ3v) is 4.54. The van der Waals surface area contributed by atoms with E-state index < -0.39 is 0 Å². The molecule has 5 N–H and O–H groups in total. The summed E-state index contributed by atoms with van der Waals surface area (Å²) >= 11 is 0. The van der Waals surface area contributed by atoms with E-state index in [1.165, 1.54) is 19.3 Å². The van der Waals surface area contributed by atoms with Gasteiger partial charge in [-0.15, -0.1) is 0 Å². The van der Waals surface area contributed by atoms with Crippen molar-refractivity contribution in [3.8, 4) is 0 Å². The van der Waals surface area contributed by atoms with Crippen molar-refractivity contribution in [3.63, 3.8) is 0 Å². The van der Waals surface area contributed by atoms with Gasteiger partial charge in [-0.1, -0.05) is 19.3 Å². The first kappa shape index (κ1) is 16.5. The third-order valence-electron chi connectivity index (χ3n) is 4.54. The number of urea groups is 1. The number of rotatable bonds is 5. The van der Waals surface area contributed by atoms with Gasteiger partial charge in [0.25, 0.3) is 0 Å². The molecule has 0 bridgehead atoms. The van der Waals surface area contributed by atoms with E-state index in [4.69, 9.17) is 10.5 Å². The van der Waals surface area contributed by atoms with E-state index in [1.54, 1.807) is 0 Å². The molecule has 0 aromatic rings. The monoisotopic (exact) mass is 299 g/mol. The summed E-state index contributed by atoms with van der Waals surface area (Å²) in [6.07, 6.45) is 8.07. The highest BCUT2D eigenvalue weighted by molar-refractivity contribution is 5.74. The largest absolute Gasteiger partial charge is 0.394 e. The van der Waals surface area contributed by atoms with E-state index in [9.17, 15) is 9.90 Å². The number of hydrogen-bond acceptors (Lipinski definition) is 4. The van der Waals surface area contributed by atoms with Gasteiger partial charge in [0.1, 0.15) is 6.10 Å². The van der Waals surface area contributed by atoms with Crippen molar-refractivity contribution in [1.82, 2.24) is 10.6 Å².